The second-order valence-electron chi connectivity index (χ2n) is 8.82. The number of anilines is 1. The zero-order chi connectivity index (χ0) is 23.8. The van der Waals surface area contributed by atoms with Crippen molar-refractivity contribution < 1.29 is 18.4 Å². The van der Waals surface area contributed by atoms with Gasteiger partial charge in [0, 0.05) is 60.7 Å². The van der Waals surface area contributed by atoms with E-state index in [1.165, 1.54) is 0 Å². The Bertz CT molecular complexity index is 1410. The van der Waals surface area contributed by atoms with Crippen molar-refractivity contribution in [3.05, 3.63) is 69.8 Å². The smallest absolute Gasteiger partial charge is 0.339 e. The summed E-state index contributed by atoms with van der Waals surface area (Å²) in [6.07, 6.45) is 2.35. The van der Waals surface area contributed by atoms with Crippen LogP contribution in [0.15, 0.2) is 56.3 Å². The second-order valence-corrected chi connectivity index (χ2v) is 8.82. The van der Waals surface area contributed by atoms with E-state index >= 15 is 0 Å². The summed E-state index contributed by atoms with van der Waals surface area (Å²) >= 11 is 0. The summed E-state index contributed by atoms with van der Waals surface area (Å²) in [5, 5.41) is 1.88. The van der Waals surface area contributed by atoms with Gasteiger partial charge in [-0.3, -0.25) is 4.79 Å². The van der Waals surface area contributed by atoms with E-state index in [-0.39, 0.29) is 18.0 Å². The number of methoxy groups -OCH3 is 1. The molecule has 1 saturated heterocycles. The molecule has 0 aliphatic carbocycles. The van der Waals surface area contributed by atoms with Gasteiger partial charge in [-0.1, -0.05) is 0 Å². The molecule has 1 fully saturated rings. The molecule has 0 bridgehead atoms. The predicted molar refractivity (Wildman–Crippen MR) is 132 cm³/mol. The van der Waals surface area contributed by atoms with Crippen molar-refractivity contribution in [1.29, 1.82) is 0 Å². The van der Waals surface area contributed by atoms with Crippen molar-refractivity contribution in [2.45, 2.75) is 26.7 Å². The molecule has 0 spiro atoms. The van der Waals surface area contributed by atoms with Gasteiger partial charge in [0.2, 0.25) is 5.91 Å². The van der Waals surface area contributed by atoms with Gasteiger partial charge in [0.05, 0.1) is 13.4 Å². The second kappa shape index (κ2) is 8.89. The van der Waals surface area contributed by atoms with Crippen LogP contribution in [0, 0.1) is 13.8 Å². The number of fused-ring (bicyclic) bond motifs is 2. The highest BCUT2D eigenvalue weighted by molar-refractivity contribution is 5.96. The average molecular weight is 461 g/mol. The molecule has 176 valence electrons. The highest BCUT2D eigenvalue weighted by Gasteiger charge is 2.22. The predicted octanol–water partition coefficient (Wildman–Crippen LogP) is 4.45. The first-order chi connectivity index (χ1) is 16.4. The third-order valence-electron chi connectivity index (χ3n) is 6.83. The molecular formula is C27H28N2O5. The molecule has 1 amide bonds. The summed E-state index contributed by atoms with van der Waals surface area (Å²) in [6, 6.07) is 11.7. The lowest BCUT2D eigenvalue weighted by molar-refractivity contribution is -0.131. The molecule has 5 rings (SSSR count). The van der Waals surface area contributed by atoms with Crippen LogP contribution in [0.3, 0.4) is 0 Å². The fourth-order valence-corrected chi connectivity index (χ4v) is 4.72. The molecule has 4 aromatic rings. The molecule has 2 aromatic heterocycles. The van der Waals surface area contributed by atoms with Crippen LogP contribution >= 0.6 is 0 Å². The average Bonchev–Trinajstić information content (AvgIpc) is 3.22. The number of rotatable bonds is 5. The van der Waals surface area contributed by atoms with E-state index in [0.717, 1.165) is 46.4 Å². The van der Waals surface area contributed by atoms with E-state index in [1.54, 1.807) is 19.4 Å². The van der Waals surface area contributed by atoms with Crippen LogP contribution in [0.5, 0.6) is 5.75 Å². The standard InChI is InChI=1S/C27H28N2O5/c1-17-16-33-24-15-25-23(14-22(17)24)18(2)21(27(31)34-25)8-9-26(30)29-12-10-28(11-13-29)19-4-6-20(32-3)7-5-19/h4-7,14-16H,8-13H2,1-3H3. The van der Waals surface area contributed by atoms with Crippen LogP contribution < -0.4 is 15.3 Å². The minimum atomic E-state index is -0.384. The lowest BCUT2D eigenvalue weighted by Gasteiger charge is -2.36. The fourth-order valence-electron chi connectivity index (χ4n) is 4.72. The van der Waals surface area contributed by atoms with E-state index in [4.69, 9.17) is 13.6 Å². The Hall–Kier alpha value is -3.74. The maximum atomic E-state index is 12.9. The Morgan fingerprint density at radius 3 is 2.44 bits per heavy atom. The zero-order valence-electron chi connectivity index (χ0n) is 19.7. The highest BCUT2D eigenvalue weighted by Crippen LogP contribution is 2.29. The molecule has 2 aromatic carbocycles. The number of hydrogen-bond donors (Lipinski definition) is 0. The van der Waals surface area contributed by atoms with E-state index in [1.807, 2.05) is 49.1 Å². The van der Waals surface area contributed by atoms with Gasteiger partial charge in [-0.2, -0.15) is 0 Å². The van der Waals surface area contributed by atoms with Gasteiger partial charge in [0.25, 0.3) is 0 Å². The van der Waals surface area contributed by atoms with Gasteiger partial charge in [0.1, 0.15) is 16.9 Å². The zero-order valence-corrected chi connectivity index (χ0v) is 19.7. The highest BCUT2D eigenvalue weighted by atomic mass is 16.5. The van der Waals surface area contributed by atoms with E-state index < -0.39 is 0 Å². The molecule has 0 N–H and O–H groups in total. The number of ether oxygens (including phenoxy) is 1. The first-order valence-corrected chi connectivity index (χ1v) is 11.6. The summed E-state index contributed by atoms with van der Waals surface area (Å²) < 4.78 is 16.4. The summed E-state index contributed by atoms with van der Waals surface area (Å²) in [6.45, 7) is 6.78. The summed E-state index contributed by atoms with van der Waals surface area (Å²) in [5.74, 6) is 0.893. The number of piperazine rings is 1. The lowest BCUT2D eigenvalue weighted by Crippen LogP contribution is -2.48. The molecule has 1 aliphatic rings. The molecule has 1 aliphatic heterocycles. The first-order valence-electron chi connectivity index (χ1n) is 11.6. The third kappa shape index (κ3) is 4.02. The molecule has 0 atom stereocenters. The van der Waals surface area contributed by atoms with Crippen molar-refractivity contribution in [2.75, 3.05) is 38.2 Å². The van der Waals surface area contributed by atoms with Crippen LogP contribution in [0.25, 0.3) is 21.9 Å². The maximum Gasteiger partial charge on any atom is 0.339 e. The lowest BCUT2D eigenvalue weighted by atomic mass is 10.0. The van der Waals surface area contributed by atoms with Crippen molar-refractivity contribution in [2.24, 2.45) is 0 Å². The Kier molecular flexibility index (Phi) is 5.77. The number of amides is 1. The summed E-state index contributed by atoms with van der Waals surface area (Å²) in [7, 11) is 1.65. The van der Waals surface area contributed by atoms with Crippen LogP contribution in [0.1, 0.15) is 23.1 Å². The van der Waals surface area contributed by atoms with Crippen LogP contribution in [0.4, 0.5) is 5.69 Å². The van der Waals surface area contributed by atoms with Crippen LogP contribution in [-0.4, -0.2) is 44.1 Å². The molecule has 0 saturated carbocycles. The summed E-state index contributed by atoms with van der Waals surface area (Å²) in [4.78, 5) is 29.8. The minimum absolute atomic E-state index is 0.0643. The first kappa shape index (κ1) is 22.1. The van der Waals surface area contributed by atoms with Gasteiger partial charge in [0.15, 0.2) is 0 Å². The van der Waals surface area contributed by atoms with Crippen molar-refractivity contribution in [1.82, 2.24) is 4.90 Å². The van der Waals surface area contributed by atoms with Crippen LogP contribution in [0.2, 0.25) is 0 Å². The number of hydrogen-bond acceptors (Lipinski definition) is 6. The summed E-state index contributed by atoms with van der Waals surface area (Å²) in [5.41, 5.74) is 4.42. The number of benzene rings is 2. The number of nitrogens with zero attached hydrogens (tertiary/aromatic N) is 2. The molecular weight excluding hydrogens is 432 g/mol. The Morgan fingerprint density at radius 2 is 1.74 bits per heavy atom. The SMILES string of the molecule is COc1ccc(N2CCN(C(=O)CCc3c(C)c4cc5c(C)coc5cc4oc3=O)CC2)cc1. The topological polar surface area (TPSA) is 76.1 Å². The maximum absolute atomic E-state index is 12.9. The van der Waals surface area contributed by atoms with E-state index in [9.17, 15) is 9.59 Å². The Morgan fingerprint density at radius 1 is 1.00 bits per heavy atom. The van der Waals surface area contributed by atoms with Gasteiger partial charge in [-0.05, 0) is 61.7 Å². The number of carbonyl (C=O) groups excluding carboxylic acids is 1. The van der Waals surface area contributed by atoms with Gasteiger partial charge in [-0.25, -0.2) is 4.79 Å². The molecule has 34 heavy (non-hydrogen) atoms. The fraction of sp³-hybridized carbons (Fsp3) is 0.333. The van der Waals surface area contributed by atoms with Crippen molar-refractivity contribution in [3.63, 3.8) is 0 Å². The molecule has 0 radical (unpaired) electrons. The van der Waals surface area contributed by atoms with E-state index in [2.05, 4.69) is 4.90 Å². The minimum Gasteiger partial charge on any atom is -0.497 e. The number of carbonyl (C=O) groups is 1. The van der Waals surface area contributed by atoms with Gasteiger partial charge < -0.3 is 23.4 Å². The Balaban J connectivity index is 1.26. The monoisotopic (exact) mass is 460 g/mol. The van der Waals surface area contributed by atoms with Gasteiger partial charge in [-0.15, -0.1) is 0 Å². The van der Waals surface area contributed by atoms with E-state index in [0.29, 0.717) is 36.2 Å². The molecule has 7 heteroatoms. The van der Waals surface area contributed by atoms with Crippen LogP contribution in [-0.2, 0) is 11.2 Å². The molecule has 3 heterocycles. The normalized spacial score (nSPS) is 14.2. The largest absolute Gasteiger partial charge is 0.497 e. The number of furan rings is 1. The van der Waals surface area contributed by atoms with Crippen molar-refractivity contribution >= 4 is 33.5 Å². The number of aryl methyl sites for hydroxylation is 2. The Labute approximate surface area is 197 Å². The van der Waals surface area contributed by atoms with Gasteiger partial charge >= 0.3 is 5.63 Å². The quantitative estimate of drug-likeness (QED) is 0.410. The molecule has 7 nitrogen and oxygen atoms in total. The third-order valence-corrected chi connectivity index (χ3v) is 6.83. The van der Waals surface area contributed by atoms with Crippen molar-refractivity contribution in [3.8, 4) is 5.75 Å². The molecule has 0 unspecified atom stereocenters.